The fraction of sp³-hybridized carbons (Fsp3) is 0.462. The number of fused-ring (bicyclic) bond motifs is 1. The Hall–Kier alpha value is -1.60. The zero-order chi connectivity index (χ0) is 16.5. The molecule has 0 radical (unpaired) electrons. The summed E-state index contributed by atoms with van der Waals surface area (Å²) >= 11 is 0. The van der Waals surface area contributed by atoms with Crippen molar-refractivity contribution in [3.05, 3.63) is 34.6 Å². The molecule has 0 fully saturated rings. The van der Waals surface area contributed by atoms with Crippen LogP contribution in [0, 0.1) is 0 Å². The molecule has 0 atom stereocenters. The van der Waals surface area contributed by atoms with Crippen molar-refractivity contribution in [3.8, 4) is 0 Å². The first-order valence-corrected chi connectivity index (χ1v) is 8.34. The molecule has 0 aliphatic heterocycles. The number of hydrogen-bond donors (Lipinski definition) is 0. The summed E-state index contributed by atoms with van der Waals surface area (Å²) in [5.41, 5.74) is 0.233. The van der Waals surface area contributed by atoms with Crippen molar-refractivity contribution in [2.75, 3.05) is 42.3 Å². The van der Waals surface area contributed by atoms with Gasteiger partial charge in [0.15, 0.2) is 0 Å². The smallest absolute Gasteiger partial charge is 0.263 e. The first kappa shape index (κ1) is 16.8. The fourth-order valence-corrected chi connectivity index (χ4v) is 5.32. The predicted molar refractivity (Wildman–Crippen MR) is 88.4 cm³/mol. The highest BCUT2D eigenvalue weighted by molar-refractivity contribution is 7.64. The molecule has 1 aromatic heterocycles. The molecule has 22 heavy (non-hydrogen) atoms. The van der Waals surface area contributed by atoms with Gasteiger partial charge in [-0.15, -0.1) is 19.1 Å². The van der Waals surface area contributed by atoms with E-state index in [9.17, 15) is 4.79 Å². The summed E-state index contributed by atoms with van der Waals surface area (Å²) < 4.78 is 11.9. The summed E-state index contributed by atoms with van der Waals surface area (Å²) in [5.74, 6) is 0. The molecule has 0 spiro atoms. The van der Waals surface area contributed by atoms with E-state index in [0.717, 1.165) is 4.85 Å². The van der Waals surface area contributed by atoms with Crippen LogP contribution in [-0.2, 0) is 0 Å². The Morgan fingerprint density at radius 1 is 1.00 bits per heavy atom. The van der Waals surface area contributed by atoms with E-state index < -0.39 is 7.94 Å². The second-order valence-electron chi connectivity index (χ2n) is 5.42. The molecule has 1 heterocycles. The summed E-state index contributed by atoms with van der Waals surface area (Å²) in [6, 6.07) is 7.08. The first-order valence-electron chi connectivity index (χ1n) is 6.78. The van der Waals surface area contributed by atoms with Crippen molar-refractivity contribution in [1.82, 2.24) is 29.2 Å². The second kappa shape index (κ2) is 6.26. The quantitative estimate of drug-likeness (QED) is 0.745. The van der Waals surface area contributed by atoms with Crippen LogP contribution in [0.15, 0.2) is 29.1 Å². The molecule has 0 aliphatic carbocycles. The van der Waals surface area contributed by atoms with Crippen LogP contribution in [0.2, 0.25) is 0 Å². The van der Waals surface area contributed by atoms with Gasteiger partial charge in [-0.05, 0) is 17.3 Å². The molecule has 8 nitrogen and oxygen atoms in total. The molecule has 0 bridgehead atoms. The minimum Gasteiger partial charge on any atom is -0.263 e. The number of aromatic nitrogens is 3. The van der Waals surface area contributed by atoms with Crippen LogP contribution < -0.4 is 10.2 Å². The lowest BCUT2D eigenvalue weighted by Gasteiger charge is -2.35. The minimum atomic E-state index is -2.38. The molecule has 0 unspecified atom stereocenters. The highest BCUT2D eigenvalue weighted by Crippen LogP contribution is 2.61. The van der Waals surface area contributed by atoms with Gasteiger partial charge < -0.3 is 0 Å². The normalized spacial score (nSPS) is 12.6. The van der Waals surface area contributed by atoms with E-state index in [4.69, 9.17) is 4.62 Å². The van der Waals surface area contributed by atoms with Crippen LogP contribution in [0.1, 0.15) is 0 Å². The Balaban J connectivity index is 2.56. The maximum atomic E-state index is 12.6. The lowest BCUT2D eigenvalue weighted by molar-refractivity contribution is 0.166. The van der Waals surface area contributed by atoms with Crippen molar-refractivity contribution in [2.24, 2.45) is 0 Å². The van der Waals surface area contributed by atoms with E-state index in [1.54, 1.807) is 18.2 Å². The number of benzene rings is 1. The van der Waals surface area contributed by atoms with Crippen LogP contribution in [0.25, 0.3) is 10.9 Å². The van der Waals surface area contributed by atoms with E-state index in [2.05, 4.69) is 10.3 Å². The van der Waals surface area contributed by atoms with Gasteiger partial charge in [-0.1, -0.05) is 12.1 Å². The van der Waals surface area contributed by atoms with Crippen LogP contribution in [-0.4, -0.2) is 71.5 Å². The minimum absolute atomic E-state index is 0.319. The van der Waals surface area contributed by atoms with E-state index >= 15 is 0 Å². The zero-order valence-corrected chi connectivity index (χ0v) is 14.7. The Kier molecular flexibility index (Phi) is 4.77. The van der Waals surface area contributed by atoms with Gasteiger partial charge in [-0.2, -0.15) is 4.62 Å². The number of hydrogen-bond acceptors (Lipinski definition) is 7. The van der Waals surface area contributed by atoms with Crippen molar-refractivity contribution < 1.29 is 4.62 Å². The Bertz CT molecular complexity index is 693. The van der Waals surface area contributed by atoms with Gasteiger partial charge in [0.1, 0.15) is 5.52 Å². The Morgan fingerprint density at radius 3 is 2.09 bits per heavy atom. The highest BCUT2D eigenvalue weighted by atomic mass is 31.2. The molecular formula is C13H22N6O2P+. The molecule has 0 N–H and O–H groups in total. The molecule has 0 amide bonds. The maximum absolute atomic E-state index is 12.6. The van der Waals surface area contributed by atoms with E-state index in [1.165, 1.54) is 0 Å². The topological polar surface area (TPSA) is 66.7 Å². The molecule has 0 saturated heterocycles. The third-order valence-corrected chi connectivity index (χ3v) is 6.79. The van der Waals surface area contributed by atoms with Gasteiger partial charge in [-0.25, -0.2) is 0 Å². The summed E-state index contributed by atoms with van der Waals surface area (Å²) in [6.45, 7) is 0. The van der Waals surface area contributed by atoms with Gasteiger partial charge in [0.05, 0.1) is 5.39 Å². The molecule has 9 heteroatoms. The summed E-state index contributed by atoms with van der Waals surface area (Å²) in [4.78, 5) is 13.6. The standard InChI is InChI=1S/C13H22N6O2P/c1-16(2)22(17(3)4,18(5)6)21-19-13(20)11-9-7-8-10-12(11)14-15-19/h7-10H,1-6H3/q+1. The van der Waals surface area contributed by atoms with E-state index in [0.29, 0.717) is 10.9 Å². The van der Waals surface area contributed by atoms with Crippen molar-refractivity contribution >= 4 is 18.8 Å². The van der Waals surface area contributed by atoms with Crippen LogP contribution in [0.4, 0.5) is 0 Å². The molecular weight excluding hydrogens is 303 g/mol. The first-order chi connectivity index (χ1) is 10.3. The van der Waals surface area contributed by atoms with Gasteiger partial charge in [-0.3, -0.25) is 4.79 Å². The molecule has 1 aromatic carbocycles. The highest BCUT2D eigenvalue weighted by Gasteiger charge is 2.54. The average molecular weight is 325 g/mol. The van der Waals surface area contributed by atoms with E-state index in [-0.39, 0.29) is 5.56 Å². The summed E-state index contributed by atoms with van der Waals surface area (Å²) in [7, 11) is 9.08. The predicted octanol–water partition coefficient (Wildman–Crippen LogP) is 0.583. The molecule has 0 aliphatic rings. The van der Waals surface area contributed by atoms with Gasteiger partial charge >= 0.3 is 13.5 Å². The summed E-state index contributed by atoms with van der Waals surface area (Å²) in [6.07, 6.45) is 0. The van der Waals surface area contributed by atoms with Crippen LogP contribution >= 0.6 is 7.94 Å². The lowest BCUT2D eigenvalue weighted by atomic mass is 10.2. The van der Waals surface area contributed by atoms with Gasteiger partial charge in [0, 0.05) is 47.1 Å². The zero-order valence-electron chi connectivity index (χ0n) is 13.8. The van der Waals surface area contributed by atoms with Crippen molar-refractivity contribution in [2.45, 2.75) is 0 Å². The Labute approximate surface area is 130 Å². The average Bonchev–Trinajstić information content (AvgIpc) is 2.45. The third-order valence-electron chi connectivity index (χ3n) is 3.29. The molecule has 2 rings (SSSR count). The number of nitrogens with zero attached hydrogens (tertiary/aromatic N) is 6. The fourth-order valence-electron chi connectivity index (χ4n) is 2.42. The largest absolute Gasteiger partial charge is 0.449 e. The molecule has 120 valence electrons. The summed E-state index contributed by atoms with van der Waals surface area (Å²) in [5, 5.41) is 8.45. The van der Waals surface area contributed by atoms with Crippen LogP contribution in [0.5, 0.6) is 0 Å². The Morgan fingerprint density at radius 2 is 1.55 bits per heavy atom. The SMILES string of the molecule is CN(C)[P+](On1nnc2ccccc2c1=O)(N(C)C)N(C)C. The van der Waals surface area contributed by atoms with Crippen molar-refractivity contribution in [1.29, 1.82) is 0 Å². The van der Waals surface area contributed by atoms with Crippen molar-refractivity contribution in [3.63, 3.8) is 0 Å². The second-order valence-corrected chi connectivity index (χ2v) is 9.01. The third kappa shape index (κ3) is 2.70. The van der Waals surface area contributed by atoms with Crippen LogP contribution in [0.3, 0.4) is 0 Å². The monoisotopic (exact) mass is 325 g/mol. The molecule has 0 saturated carbocycles. The molecule has 2 aromatic rings. The van der Waals surface area contributed by atoms with E-state index in [1.807, 2.05) is 62.4 Å². The maximum Gasteiger partial charge on any atom is 0.449 e. The lowest BCUT2D eigenvalue weighted by Crippen LogP contribution is -2.45. The number of rotatable bonds is 5. The van der Waals surface area contributed by atoms with Gasteiger partial charge in [0.2, 0.25) is 0 Å². The van der Waals surface area contributed by atoms with Gasteiger partial charge in [0.25, 0.3) is 0 Å².